The van der Waals surface area contributed by atoms with Crippen LogP contribution in [0.4, 0.5) is 5.69 Å². The summed E-state index contributed by atoms with van der Waals surface area (Å²) in [4.78, 5) is 4.52. The second-order valence-electron chi connectivity index (χ2n) is 6.90. The first kappa shape index (κ1) is 16.1. The van der Waals surface area contributed by atoms with Gasteiger partial charge in [0.15, 0.2) is 11.5 Å². The first-order valence-electron chi connectivity index (χ1n) is 8.77. The molecule has 4 rings (SSSR count). The van der Waals surface area contributed by atoms with Crippen molar-refractivity contribution < 1.29 is 14.6 Å². The maximum absolute atomic E-state index is 10.6. The molecule has 0 radical (unpaired) electrons. The summed E-state index contributed by atoms with van der Waals surface area (Å²) in [6, 6.07) is 12.2. The lowest BCUT2D eigenvalue weighted by atomic mass is 9.95. The van der Waals surface area contributed by atoms with Gasteiger partial charge in [0.25, 0.3) is 0 Å². The van der Waals surface area contributed by atoms with E-state index in [4.69, 9.17) is 9.47 Å². The van der Waals surface area contributed by atoms with Crippen LogP contribution in [0.5, 0.6) is 17.2 Å². The molecule has 0 unspecified atom stereocenters. The Morgan fingerprint density at radius 3 is 2.28 bits per heavy atom. The van der Waals surface area contributed by atoms with Gasteiger partial charge >= 0.3 is 0 Å². The molecule has 2 heterocycles. The van der Waals surface area contributed by atoms with Gasteiger partial charge < -0.3 is 19.5 Å². The van der Waals surface area contributed by atoms with Crippen molar-refractivity contribution in [3.05, 3.63) is 47.5 Å². The van der Waals surface area contributed by atoms with Crippen molar-refractivity contribution in [2.45, 2.75) is 18.9 Å². The number of anilines is 1. The molecule has 2 aromatic carbocycles. The summed E-state index contributed by atoms with van der Waals surface area (Å²) in [5.41, 5.74) is 3.23. The first-order valence-corrected chi connectivity index (χ1v) is 8.77. The Bertz CT molecular complexity index is 752. The van der Waals surface area contributed by atoms with Crippen LogP contribution >= 0.6 is 0 Å². The van der Waals surface area contributed by atoms with Crippen LogP contribution in [0.25, 0.3) is 0 Å². The highest BCUT2D eigenvalue weighted by Crippen LogP contribution is 2.44. The Morgan fingerprint density at radius 2 is 1.64 bits per heavy atom. The minimum absolute atomic E-state index is 0.0215. The molecule has 2 aliphatic rings. The third-order valence-corrected chi connectivity index (χ3v) is 5.05. The molecule has 1 saturated heterocycles. The van der Waals surface area contributed by atoms with Crippen LogP contribution in [0.3, 0.4) is 0 Å². The molecule has 0 aromatic heterocycles. The van der Waals surface area contributed by atoms with Gasteiger partial charge in [0.1, 0.15) is 5.75 Å². The molecular formula is C20H24N2O3. The lowest BCUT2D eigenvalue weighted by Gasteiger charge is -2.29. The zero-order chi connectivity index (χ0) is 17.4. The van der Waals surface area contributed by atoms with Crippen LogP contribution in [0.2, 0.25) is 0 Å². The van der Waals surface area contributed by atoms with E-state index in [1.165, 1.54) is 24.1 Å². The second-order valence-corrected chi connectivity index (χ2v) is 6.90. The number of phenols is 1. The molecule has 0 aliphatic carbocycles. The Labute approximate surface area is 148 Å². The van der Waals surface area contributed by atoms with Gasteiger partial charge in [-0.1, -0.05) is 12.1 Å². The topological polar surface area (TPSA) is 45.2 Å². The van der Waals surface area contributed by atoms with E-state index < -0.39 is 0 Å². The van der Waals surface area contributed by atoms with E-state index in [1.54, 1.807) is 6.07 Å². The zero-order valence-electron chi connectivity index (χ0n) is 14.7. The summed E-state index contributed by atoms with van der Waals surface area (Å²) < 4.78 is 10.9. The third kappa shape index (κ3) is 3.00. The Balaban J connectivity index is 1.76. The smallest absolute Gasteiger partial charge is 0.231 e. The highest BCUT2D eigenvalue weighted by molar-refractivity contribution is 5.55. The number of benzene rings is 2. The Hall–Kier alpha value is -2.40. The van der Waals surface area contributed by atoms with Gasteiger partial charge in [-0.3, -0.25) is 4.90 Å². The summed E-state index contributed by atoms with van der Waals surface area (Å²) >= 11 is 0. The lowest BCUT2D eigenvalue weighted by Crippen LogP contribution is -2.26. The number of nitrogens with zero attached hydrogens (tertiary/aromatic N) is 2. The third-order valence-electron chi connectivity index (χ3n) is 5.05. The summed E-state index contributed by atoms with van der Waals surface area (Å²) in [5, 5.41) is 10.6. The van der Waals surface area contributed by atoms with Gasteiger partial charge in [-0.2, -0.15) is 0 Å². The van der Waals surface area contributed by atoms with Crippen molar-refractivity contribution in [2.75, 3.05) is 38.9 Å². The number of phenolic OH excluding ortho intramolecular Hbond substituents is 1. The molecule has 0 bridgehead atoms. The molecule has 5 nitrogen and oxygen atoms in total. The molecule has 1 N–H and O–H groups in total. The van der Waals surface area contributed by atoms with E-state index in [2.05, 4.69) is 34.1 Å². The first-order chi connectivity index (χ1) is 12.1. The molecule has 0 spiro atoms. The zero-order valence-corrected chi connectivity index (χ0v) is 14.7. The fraction of sp³-hybridized carbons (Fsp3) is 0.400. The van der Waals surface area contributed by atoms with Gasteiger partial charge in [-0.25, -0.2) is 0 Å². The predicted octanol–water partition coefficient (Wildman–Crippen LogP) is 3.37. The lowest BCUT2D eigenvalue weighted by molar-refractivity contribution is 0.173. The van der Waals surface area contributed by atoms with Crippen LogP contribution in [-0.4, -0.2) is 44.0 Å². The number of rotatable bonds is 4. The van der Waals surface area contributed by atoms with Gasteiger partial charge in [-0.15, -0.1) is 0 Å². The number of fused-ring (bicyclic) bond motifs is 1. The number of aromatic hydroxyl groups is 1. The standard InChI is InChI=1S/C20H24N2O3/c1-21(2)15-7-5-14(6-8-15)20(22-9-3-4-10-22)16-11-18-19(12-17(16)23)25-13-24-18/h5-8,11-12,20,23H,3-4,9-10,13H2,1-2H3/t20-/m0/s1. The highest BCUT2D eigenvalue weighted by Gasteiger charge is 2.29. The number of likely N-dealkylation sites (tertiary alicyclic amines) is 1. The summed E-state index contributed by atoms with van der Waals surface area (Å²) in [5.74, 6) is 1.59. The SMILES string of the molecule is CN(C)c1ccc([C@@H](c2cc3c(cc2O)OCO3)N2CCCC2)cc1. The fourth-order valence-electron chi connectivity index (χ4n) is 3.71. The van der Waals surface area contributed by atoms with Crippen LogP contribution in [0.1, 0.15) is 30.0 Å². The summed E-state index contributed by atoms with van der Waals surface area (Å²) in [6.07, 6.45) is 2.38. The van der Waals surface area contributed by atoms with Gasteiger partial charge in [0.05, 0.1) is 6.04 Å². The quantitative estimate of drug-likeness (QED) is 0.924. The average molecular weight is 340 g/mol. The van der Waals surface area contributed by atoms with Crippen LogP contribution in [-0.2, 0) is 0 Å². The van der Waals surface area contributed by atoms with Crippen molar-refractivity contribution in [2.24, 2.45) is 0 Å². The molecule has 132 valence electrons. The molecule has 0 amide bonds. The van der Waals surface area contributed by atoms with Crippen molar-refractivity contribution in [3.63, 3.8) is 0 Å². The molecule has 2 aliphatic heterocycles. The van der Waals surface area contributed by atoms with E-state index in [0.717, 1.165) is 18.7 Å². The summed E-state index contributed by atoms with van der Waals surface area (Å²) in [7, 11) is 4.08. The van der Waals surface area contributed by atoms with Gasteiger partial charge in [0, 0.05) is 31.4 Å². The number of ether oxygens (including phenoxy) is 2. The van der Waals surface area contributed by atoms with Crippen LogP contribution in [0.15, 0.2) is 36.4 Å². The minimum atomic E-state index is 0.0215. The average Bonchev–Trinajstić information content (AvgIpc) is 3.27. The molecule has 1 fully saturated rings. The van der Waals surface area contributed by atoms with Crippen LogP contribution in [0, 0.1) is 0 Å². The minimum Gasteiger partial charge on any atom is -0.507 e. The maximum Gasteiger partial charge on any atom is 0.231 e. The number of hydrogen-bond donors (Lipinski definition) is 1. The van der Waals surface area contributed by atoms with E-state index in [0.29, 0.717) is 11.5 Å². The van der Waals surface area contributed by atoms with Crippen molar-refractivity contribution in [3.8, 4) is 17.2 Å². The van der Waals surface area contributed by atoms with E-state index in [-0.39, 0.29) is 18.6 Å². The predicted molar refractivity (Wildman–Crippen MR) is 97.6 cm³/mol. The van der Waals surface area contributed by atoms with Crippen LogP contribution < -0.4 is 14.4 Å². The monoisotopic (exact) mass is 340 g/mol. The molecular weight excluding hydrogens is 316 g/mol. The largest absolute Gasteiger partial charge is 0.507 e. The van der Waals surface area contributed by atoms with Crippen molar-refractivity contribution in [1.29, 1.82) is 0 Å². The summed E-state index contributed by atoms with van der Waals surface area (Å²) in [6.45, 7) is 2.28. The van der Waals surface area contributed by atoms with E-state index in [1.807, 2.05) is 20.2 Å². The second kappa shape index (κ2) is 6.48. The van der Waals surface area contributed by atoms with Crippen molar-refractivity contribution in [1.82, 2.24) is 4.90 Å². The Kier molecular flexibility index (Phi) is 4.17. The van der Waals surface area contributed by atoms with Gasteiger partial charge in [-0.05, 0) is 49.7 Å². The van der Waals surface area contributed by atoms with E-state index >= 15 is 0 Å². The molecule has 5 heteroatoms. The molecule has 1 atom stereocenters. The molecule has 0 saturated carbocycles. The van der Waals surface area contributed by atoms with Gasteiger partial charge in [0.2, 0.25) is 6.79 Å². The number of hydrogen-bond acceptors (Lipinski definition) is 5. The fourth-order valence-corrected chi connectivity index (χ4v) is 3.71. The molecule has 25 heavy (non-hydrogen) atoms. The normalized spacial score (nSPS) is 17.7. The van der Waals surface area contributed by atoms with Crippen molar-refractivity contribution >= 4 is 5.69 Å². The highest BCUT2D eigenvalue weighted by atomic mass is 16.7. The maximum atomic E-state index is 10.6. The van der Waals surface area contributed by atoms with E-state index in [9.17, 15) is 5.11 Å². The Morgan fingerprint density at radius 1 is 1.00 bits per heavy atom. The molecule has 2 aromatic rings.